The number of guanidine groups is 2. The molecule has 0 radical (unpaired) electrons. The Morgan fingerprint density at radius 2 is 1.30 bits per heavy atom. The minimum Gasteiger partial charge on any atom is -0.370 e. The van der Waals surface area contributed by atoms with Gasteiger partial charge < -0.3 is 22.1 Å². The second-order valence-corrected chi connectivity index (χ2v) is 4.27. The molecule has 0 bridgehead atoms. The van der Waals surface area contributed by atoms with Crippen LogP contribution in [0.15, 0.2) is 9.98 Å². The van der Waals surface area contributed by atoms with Crippen LogP contribution >= 0.6 is 0 Å². The highest BCUT2D eigenvalue weighted by molar-refractivity contribution is 5.81. The molecule has 0 spiro atoms. The Hall–Kier alpha value is -3.06. The van der Waals surface area contributed by atoms with E-state index in [1.165, 1.54) is 0 Å². The first kappa shape index (κ1) is 12.0. The van der Waals surface area contributed by atoms with E-state index in [0.29, 0.717) is 10.0 Å². The molecular formula is C6H10N10O4. The highest BCUT2D eigenvalue weighted by Gasteiger charge is 2.62. The monoisotopic (exact) mass is 286 g/mol. The zero-order chi connectivity index (χ0) is 14.6. The molecule has 3 aliphatic heterocycles. The van der Waals surface area contributed by atoms with Crippen molar-refractivity contribution < 1.29 is 10.1 Å². The van der Waals surface area contributed by atoms with Crippen LogP contribution in [0, 0.1) is 20.2 Å². The average Bonchev–Trinajstić information content (AvgIpc) is 2.85. The van der Waals surface area contributed by atoms with Crippen molar-refractivity contribution in [2.45, 2.75) is 24.7 Å². The van der Waals surface area contributed by atoms with Gasteiger partial charge in [0.25, 0.3) is 0 Å². The van der Waals surface area contributed by atoms with Gasteiger partial charge in [-0.15, -0.1) is 0 Å². The van der Waals surface area contributed by atoms with Gasteiger partial charge in [0.15, 0.2) is 22.0 Å². The molecule has 6 N–H and O–H groups in total. The van der Waals surface area contributed by atoms with E-state index < -0.39 is 34.7 Å². The number of rotatable bonds is 2. The molecule has 108 valence electrons. The van der Waals surface area contributed by atoms with E-state index in [9.17, 15) is 20.2 Å². The summed E-state index contributed by atoms with van der Waals surface area (Å²) in [5, 5.41) is 27.5. The Morgan fingerprint density at radius 3 is 1.60 bits per heavy atom. The lowest BCUT2D eigenvalue weighted by Crippen LogP contribution is -2.73. The number of nitrogens with two attached hydrogens (primary N) is 2. The van der Waals surface area contributed by atoms with Gasteiger partial charge in [0.1, 0.15) is 0 Å². The van der Waals surface area contributed by atoms with E-state index >= 15 is 0 Å². The van der Waals surface area contributed by atoms with Crippen molar-refractivity contribution in [1.82, 2.24) is 20.7 Å². The van der Waals surface area contributed by atoms with Gasteiger partial charge in [0.05, 0.1) is 0 Å². The molecule has 3 aliphatic rings. The summed E-state index contributed by atoms with van der Waals surface area (Å²) in [4.78, 5) is 30.0. The number of hydrazine groups is 2. The molecular weight excluding hydrogens is 276 g/mol. The van der Waals surface area contributed by atoms with E-state index in [1.54, 1.807) is 0 Å². The third-order valence-corrected chi connectivity index (χ3v) is 3.19. The van der Waals surface area contributed by atoms with Crippen LogP contribution in [-0.4, -0.2) is 56.7 Å². The fourth-order valence-corrected chi connectivity index (χ4v) is 2.49. The first-order valence-corrected chi connectivity index (χ1v) is 5.45. The van der Waals surface area contributed by atoms with Crippen molar-refractivity contribution in [2.75, 3.05) is 0 Å². The first-order valence-electron chi connectivity index (χ1n) is 5.45. The molecule has 4 atom stereocenters. The number of piperazine rings is 1. The highest BCUT2D eigenvalue weighted by Crippen LogP contribution is 2.30. The normalized spacial score (nSPS) is 34.4. The van der Waals surface area contributed by atoms with Crippen molar-refractivity contribution in [1.29, 1.82) is 0 Å². The lowest BCUT2D eigenvalue weighted by atomic mass is 10.2. The molecule has 14 heteroatoms. The van der Waals surface area contributed by atoms with Crippen molar-refractivity contribution in [3.05, 3.63) is 20.2 Å². The van der Waals surface area contributed by atoms with E-state index in [1.807, 2.05) is 0 Å². The number of nitrogens with one attached hydrogen (secondary N) is 2. The summed E-state index contributed by atoms with van der Waals surface area (Å²) < 4.78 is 0. The molecule has 0 amide bonds. The Labute approximate surface area is 110 Å². The summed E-state index contributed by atoms with van der Waals surface area (Å²) in [6.07, 6.45) is -4.53. The maximum atomic E-state index is 11.2. The van der Waals surface area contributed by atoms with E-state index in [4.69, 9.17) is 11.5 Å². The van der Waals surface area contributed by atoms with Crippen LogP contribution in [0.3, 0.4) is 0 Å². The number of nitro groups is 2. The summed E-state index contributed by atoms with van der Waals surface area (Å²) in [6, 6.07) is 0. The fourth-order valence-electron chi connectivity index (χ4n) is 2.49. The average molecular weight is 286 g/mol. The molecule has 0 aliphatic carbocycles. The Kier molecular flexibility index (Phi) is 2.23. The molecule has 3 heterocycles. The molecule has 3 rings (SSSR count). The summed E-state index contributed by atoms with van der Waals surface area (Å²) in [6.45, 7) is 0. The van der Waals surface area contributed by atoms with Crippen LogP contribution < -0.4 is 22.1 Å². The summed E-state index contributed by atoms with van der Waals surface area (Å²) in [7, 11) is 0. The van der Waals surface area contributed by atoms with Crippen molar-refractivity contribution in [3.63, 3.8) is 0 Å². The van der Waals surface area contributed by atoms with Crippen molar-refractivity contribution >= 4 is 11.9 Å². The lowest BCUT2D eigenvalue weighted by molar-refractivity contribution is -0.723. The summed E-state index contributed by atoms with van der Waals surface area (Å²) in [5.41, 5.74) is 10.9. The standard InChI is InChI=1S/C6H10N10O4/c7-5-9-1-2(10-5)14(16(19)20)4-3(11-6(8)12-4)13(1)15(17)18/h1-4H,(H3,7,9,10)(H3,8,11,12). The van der Waals surface area contributed by atoms with Crippen LogP contribution in [0.5, 0.6) is 0 Å². The Balaban J connectivity index is 2.05. The van der Waals surface area contributed by atoms with E-state index in [2.05, 4.69) is 20.6 Å². The van der Waals surface area contributed by atoms with Crippen LogP contribution in [0.4, 0.5) is 0 Å². The predicted molar refractivity (Wildman–Crippen MR) is 62.3 cm³/mol. The molecule has 20 heavy (non-hydrogen) atoms. The van der Waals surface area contributed by atoms with Crippen LogP contribution in [0.25, 0.3) is 0 Å². The molecule has 0 aromatic rings. The van der Waals surface area contributed by atoms with Crippen LogP contribution in [-0.2, 0) is 0 Å². The van der Waals surface area contributed by atoms with E-state index in [0.717, 1.165) is 0 Å². The molecule has 0 aromatic heterocycles. The van der Waals surface area contributed by atoms with Gasteiger partial charge in [-0.05, 0) is 0 Å². The Bertz CT molecular complexity index is 498. The smallest absolute Gasteiger partial charge is 0.229 e. The maximum Gasteiger partial charge on any atom is 0.229 e. The fraction of sp³-hybridized carbons (Fsp3) is 0.667. The second kappa shape index (κ2) is 3.72. The number of nitrogens with zero attached hydrogens (tertiary/aromatic N) is 6. The van der Waals surface area contributed by atoms with Crippen LogP contribution in [0.2, 0.25) is 0 Å². The predicted octanol–water partition coefficient (Wildman–Crippen LogP) is -3.87. The minimum absolute atomic E-state index is 0.115. The molecule has 14 nitrogen and oxygen atoms in total. The zero-order valence-electron chi connectivity index (χ0n) is 9.78. The van der Waals surface area contributed by atoms with Crippen molar-refractivity contribution in [2.24, 2.45) is 21.5 Å². The Morgan fingerprint density at radius 1 is 0.950 bits per heavy atom. The van der Waals surface area contributed by atoms with E-state index in [-0.39, 0.29) is 11.9 Å². The third kappa shape index (κ3) is 1.44. The third-order valence-electron chi connectivity index (χ3n) is 3.19. The SMILES string of the molecule is NC1=NC2C(N1)N([N+](=O)[O-])C1N=C(N)NC1N2[N+](=O)[O-]. The lowest BCUT2D eigenvalue weighted by Gasteiger charge is -2.39. The van der Waals surface area contributed by atoms with Crippen LogP contribution in [0.1, 0.15) is 0 Å². The summed E-state index contributed by atoms with van der Waals surface area (Å²) >= 11 is 0. The zero-order valence-corrected chi connectivity index (χ0v) is 9.78. The number of hydrogen-bond acceptors (Lipinski definition) is 10. The van der Waals surface area contributed by atoms with Gasteiger partial charge in [-0.2, -0.15) is 0 Å². The molecule has 0 aromatic carbocycles. The minimum atomic E-state index is -1.16. The topological polar surface area (TPSA) is 194 Å². The van der Waals surface area contributed by atoms with Gasteiger partial charge in [-0.3, -0.25) is 0 Å². The van der Waals surface area contributed by atoms with Gasteiger partial charge in [-0.1, -0.05) is 10.0 Å². The molecule has 4 unspecified atom stereocenters. The second-order valence-electron chi connectivity index (χ2n) is 4.27. The highest BCUT2D eigenvalue weighted by atomic mass is 16.7. The van der Waals surface area contributed by atoms with Gasteiger partial charge >= 0.3 is 0 Å². The van der Waals surface area contributed by atoms with Crippen molar-refractivity contribution in [3.8, 4) is 0 Å². The number of hydrogen-bond donors (Lipinski definition) is 4. The molecule has 1 fully saturated rings. The quantitative estimate of drug-likeness (QED) is 0.288. The first-order chi connectivity index (χ1) is 9.40. The molecule has 1 saturated heterocycles. The van der Waals surface area contributed by atoms with Gasteiger partial charge in [-0.25, -0.2) is 30.2 Å². The largest absolute Gasteiger partial charge is 0.370 e. The van der Waals surface area contributed by atoms with Gasteiger partial charge in [0, 0.05) is 0 Å². The maximum absolute atomic E-state index is 11.2. The number of fused-ring (bicyclic) bond motifs is 2. The summed E-state index contributed by atoms with van der Waals surface area (Å²) in [5.74, 6) is -0.230. The molecule has 0 saturated carbocycles. The van der Waals surface area contributed by atoms with Gasteiger partial charge in [0.2, 0.25) is 24.7 Å². The number of aliphatic imine (C=N–C) groups is 2.